The summed E-state index contributed by atoms with van der Waals surface area (Å²) in [6.07, 6.45) is 0. The molecule has 1 N–H and O–H groups in total. The third-order valence-corrected chi connectivity index (χ3v) is 5.96. The summed E-state index contributed by atoms with van der Waals surface area (Å²) in [5.41, 5.74) is 1.44. The number of fused-ring (bicyclic) bond motifs is 1. The number of aliphatic hydroxyl groups is 1. The van der Waals surface area contributed by atoms with E-state index in [1.54, 1.807) is 55.5 Å². The standard InChI is InChI=1S/C26H17ClFNO4/c1-14-6-2-5-9-19(14)29-23(17-7-3-4-8-18(17)28)22(25(31)26(29)32)24(30)21-13-15-12-16(27)10-11-20(15)33-21/h2-13,23,31H,1H3. The Morgan fingerprint density at radius 1 is 1.06 bits per heavy atom. The molecular weight excluding hydrogens is 445 g/mol. The molecule has 1 aromatic heterocycles. The largest absolute Gasteiger partial charge is 0.503 e. The SMILES string of the molecule is Cc1ccccc1N1C(=O)C(O)=C(C(=O)c2cc3cc(Cl)ccc3o2)C1c1ccccc1F. The number of anilines is 1. The number of nitrogens with zero attached hydrogens (tertiary/aromatic N) is 1. The van der Waals surface area contributed by atoms with Crippen LogP contribution in [0.2, 0.25) is 5.02 Å². The first-order valence-electron chi connectivity index (χ1n) is 10.2. The van der Waals surface area contributed by atoms with Gasteiger partial charge in [0, 0.05) is 21.7 Å². The van der Waals surface area contributed by atoms with Crippen LogP contribution >= 0.6 is 11.6 Å². The van der Waals surface area contributed by atoms with Gasteiger partial charge >= 0.3 is 0 Å². The summed E-state index contributed by atoms with van der Waals surface area (Å²) in [5, 5.41) is 11.9. The Labute approximate surface area is 193 Å². The number of halogens is 2. The van der Waals surface area contributed by atoms with Crippen LogP contribution in [0, 0.1) is 12.7 Å². The smallest absolute Gasteiger partial charge is 0.294 e. The maximum absolute atomic E-state index is 14.9. The average molecular weight is 462 g/mol. The van der Waals surface area contributed by atoms with E-state index in [1.165, 1.54) is 29.2 Å². The fourth-order valence-electron chi connectivity index (χ4n) is 4.17. The lowest BCUT2D eigenvalue weighted by Crippen LogP contribution is -2.32. The molecule has 0 bridgehead atoms. The van der Waals surface area contributed by atoms with Crippen LogP contribution in [-0.4, -0.2) is 16.8 Å². The monoisotopic (exact) mass is 461 g/mol. The van der Waals surface area contributed by atoms with Crippen molar-refractivity contribution in [2.75, 3.05) is 4.90 Å². The number of furan rings is 1. The van der Waals surface area contributed by atoms with E-state index in [-0.39, 0.29) is 16.9 Å². The van der Waals surface area contributed by atoms with Crippen molar-refractivity contribution in [3.8, 4) is 0 Å². The zero-order chi connectivity index (χ0) is 23.3. The van der Waals surface area contributed by atoms with Gasteiger partial charge in [0.2, 0.25) is 5.78 Å². The number of carbonyl (C=O) groups excluding carboxylic acids is 2. The number of aryl methyl sites for hydroxylation is 1. The van der Waals surface area contributed by atoms with Crippen molar-refractivity contribution < 1.29 is 23.5 Å². The lowest BCUT2D eigenvalue weighted by molar-refractivity contribution is -0.117. The summed E-state index contributed by atoms with van der Waals surface area (Å²) < 4.78 is 20.6. The van der Waals surface area contributed by atoms with Crippen LogP contribution in [0.15, 0.2) is 88.5 Å². The Morgan fingerprint density at radius 2 is 1.79 bits per heavy atom. The highest BCUT2D eigenvalue weighted by molar-refractivity contribution is 6.31. The van der Waals surface area contributed by atoms with Gasteiger partial charge in [0.1, 0.15) is 11.4 Å². The topological polar surface area (TPSA) is 70.8 Å². The van der Waals surface area contributed by atoms with Crippen molar-refractivity contribution in [2.24, 2.45) is 0 Å². The Kier molecular flexibility index (Phi) is 5.02. The van der Waals surface area contributed by atoms with Crippen molar-refractivity contribution in [2.45, 2.75) is 13.0 Å². The van der Waals surface area contributed by atoms with Gasteiger partial charge in [0.15, 0.2) is 11.5 Å². The first kappa shape index (κ1) is 21.0. The summed E-state index contributed by atoms with van der Waals surface area (Å²) in [4.78, 5) is 28.0. The number of Topliss-reactive ketones (excluding diaryl/α,β-unsaturated/α-hetero) is 1. The molecule has 1 unspecified atom stereocenters. The van der Waals surface area contributed by atoms with Crippen LogP contribution in [0.25, 0.3) is 11.0 Å². The quantitative estimate of drug-likeness (QED) is 0.361. The second-order valence-electron chi connectivity index (χ2n) is 7.77. The second-order valence-corrected chi connectivity index (χ2v) is 8.21. The number of hydrogen-bond acceptors (Lipinski definition) is 4. The molecule has 7 heteroatoms. The Balaban J connectivity index is 1.70. The molecule has 0 spiro atoms. The number of rotatable bonds is 4. The average Bonchev–Trinajstić information content (AvgIpc) is 3.33. The first-order chi connectivity index (χ1) is 15.9. The van der Waals surface area contributed by atoms with Gasteiger partial charge in [0.25, 0.3) is 5.91 Å². The molecule has 4 aromatic rings. The van der Waals surface area contributed by atoms with E-state index in [0.717, 1.165) is 5.56 Å². The minimum absolute atomic E-state index is 0.0839. The minimum Gasteiger partial charge on any atom is -0.503 e. The number of benzene rings is 3. The van der Waals surface area contributed by atoms with E-state index in [2.05, 4.69) is 0 Å². The fourth-order valence-corrected chi connectivity index (χ4v) is 4.35. The number of carbonyl (C=O) groups is 2. The van der Waals surface area contributed by atoms with Gasteiger partial charge in [-0.2, -0.15) is 0 Å². The van der Waals surface area contributed by atoms with Gasteiger partial charge in [-0.25, -0.2) is 4.39 Å². The number of amides is 1. The zero-order valence-corrected chi connectivity index (χ0v) is 18.1. The summed E-state index contributed by atoms with van der Waals surface area (Å²) in [6, 6.07) is 18.1. The molecule has 5 nitrogen and oxygen atoms in total. The Morgan fingerprint density at radius 3 is 2.55 bits per heavy atom. The molecule has 1 atom stereocenters. The first-order valence-corrected chi connectivity index (χ1v) is 10.5. The number of aliphatic hydroxyl groups excluding tert-OH is 1. The third kappa shape index (κ3) is 3.39. The molecule has 1 aliphatic rings. The van der Waals surface area contributed by atoms with Crippen molar-refractivity contribution in [1.29, 1.82) is 0 Å². The van der Waals surface area contributed by atoms with Gasteiger partial charge in [-0.3, -0.25) is 14.5 Å². The highest BCUT2D eigenvalue weighted by Crippen LogP contribution is 2.43. The molecule has 1 amide bonds. The molecule has 0 fully saturated rings. The van der Waals surface area contributed by atoms with Gasteiger partial charge in [-0.1, -0.05) is 48.0 Å². The van der Waals surface area contributed by atoms with Crippen molar-refractivity contribution in [3.63, 3.8) is 0 Å². The van der Waals surface area contributed by atoms with E-state index in [9.17, 15) is 19.1 Å². The second kappa shape index (κ2) is 7.90. The van der Waals surface area contributed by atoms with Crippen molar-refractivity contribution in [3.05, 3.63) is 112 Å². The molecule has 164 valence electrons. The predicted molar refractivity (Wildman–Crippen MR) is 123 cm³/mol. The maximum atomic E-state index is 14.9. The molecule has 5 rings (SSSR count). The van der Waals surface area contributed by atoms with Crippen LogP contribution < -0.4 is 4.90 Å². The Hall–Kier alpha value is -3.90. The molecule has 0 saturated carbocycles. The molecular formula is C26H17ClFNO4. The van der Waals surface area contributed by atoms with Crippen LogP contribution in [0.5, 0.6) is 0 Å². The fraction of sp³-hybridized carbons (Fsp3) is 0.0769. The van der Waals surface area contributed by atoms with Gasteiger partial charge < -0.3 is 9.52 Å². The maximum Gasteiger partial charge on any atom is 0.294 e. The molecule has 0 saturated heterocycles. The molecule has 0 aliphatic carbocycles. The Bertz CT molecular complexity index is 1470. The zero-order valence-electron chi connectivity index (χ0n) is 17.4. The van der Waals surface area contributed by atoms with E-state index in [1.807, 2.05) is 0 Å². The summed E-state index contributed by atoms with van der Waals surface area (Å²) in [5.74, 6) is -2.94. The normalized spacial score (nSPS) is 16.2. The van der Waals surface area contributed by atoms with Gasteiger partial charge in [0.05, 0.1) is 11.6 Å². The van der Waals surface area contributed by atoms with Crippen LogP contribution in [0.4, 0.5) is 10.1 Å². The van der Waals surface area contributed by atoms with Crippen molar-refractivity contribution >= 4 is 39.9 Å². The highest BCUT2D eigenvalue weighted by atomic mass is 35.5. The van der Waals surface area contributed by atoms with Gasteiger partial charge in [-0.05, 0) is 48.9 Å². The predicted octanol–water partition coefficient (Wildman–Crippen LogP) is 6.32. The number of para-hydroxylation sites is 1. The summed E-state index contributed by atoms with van der Waals surface area (Å²) in [7, 11) is 0. The molecule has 0 radical (unpaired) electrons. The van der Waals surface area contributed by atoms with E-state index < -0.39 is 29.3 Å². The van der Waals surface area contributed by atoms with E-state index >= 15 is 0 Å². The van der Waals surface area contributed by atoms with Crippen LogP contribution in [-0.2, 0) is 4.79 Å². The molecule has 1 aliphatic heterocycles. The minimum atomic E-state index is -1.18. The molecule has 3 aromatic carbocycles. The lowest BCUT2D eigenvalue weighted by atomic mass is 9.94. The lowest BCUT2D eigenvalue weighted by Gasteiger charge is -2.28. The number of hydrogen-bond donors (Lipinski definition) is 1. The van der Waals surface area contributed by atoms with Crippen molar-refractivity contribution in [1.82, 2.24) is 0 Å². The van der Waals surface area contributed by atoms with Crippen LogP contribution in [0.3, 0.4) is 0 Å². The van der Waals surface area contributed by atoms with E-state index in [4.69, 9.17) is 16.0 Å². The highest BCUT2D eigenvalue weighted by Gasteiger charge is 2.46. The van der Waals surface area contributed by atoms with Crippen LogP contribution in [0.1, 0.15) is 27.7 Å². The molecule has 2 heterocycles. The third-order valence-electron chi connectivity index (χ3n) is 5.73. The van der Waals surface area contributed by atoms with Gasteiger partial charge in [-0.15, -0.1) is 0 Å². The number of ketones is 1. The molecule has 33 heavy (non-hydrogen) atoms. The summed E-state index contributed by atoms with van der Waals surface area (Å²) >= 11 is 6.03. The van der Waals surface area contributed by atoms with E-state index in [0.29, 0.717) is 21.7 Å². The summed E-state index contributed by atoms with van der Waals surface area (Å²) in [6.45, 7) is 1.79.